The van der Waals surface area contributed by atoms with Crippen LogP contribution in [0.5, 0.6) is 0 Å². The number of carbonyl (C=O) groups excluding carboxylic acids is 2. The Bertz CT molecular complexity index is 401. The average molecular weight is 252 g/mol. The fraction of sp³-hybridized carbons (Fsp3) is 0.385. The van der Waals surface area contributed by atoms with Gasteiger partial charge in [0.15, 0.2) is 0 Å². The first-order valence-corrected chi connectivity index (χ1v) is 6.20. The SMILES string of the molecule is O=C1CC(c2ccccc2)CC(=O)N1CCCl. The Labute approximate surface area is 105 Å². The van der Waals surface area contributed by atoms with Gasteiger partial charge in [-0.25, -0.2) is 0 Å². The summed E-state index contributed by atoms with van der Waals surface area (Å²) in [7, 11) is 0. The van der Waals surface area contributed by atoms with Gasteiger partial charge < -0.3 is 0 Å². The molecular weight excluding hydrogens is 238 g/mol. The van der Waals surface area contributed by atoms with Gasteiger partial charge in [0.1, 0.15) is 0 Å². The smallest absolute Gasteiger partial charge is 0.229 e. The van der Waals surface area contributed by atoms with Crippen molar-refractivity contribution in [3.63, 3.8) is 0 Å². The molecule has 1 aliphatic rings. The Morgan fingerprint density at radius 1 is 1.12 bits per heavy atom. The van der Waals surface area contributed by atoms with Gasteiger partial charge >= 0.3 is 0 Å². The maximum absolute atomic E-state index is 11.8. The molecule has 1 saturated heterocycles. The van der Waals surface area contributed by atoms with Gasteiger partial charge in [0.2, 0.25) is 11.8 Å². The van der Waals surface area contributed by atoms with E-state index in [1.54, 1.807) is 0 Å². The molecule has 2 amide bonds. The van der Waals surface area contributed by atoms with Gasteiger partial charge in [0, 0.05) is 31.2 Å². The summed E-state index contributed by atoms with van der Waals surface area (Å²) in [6.45, 7) is 0.320. The van der Waals surface area contributed by atoms with Crippen LogP contribution in [0.15, 0.2) is 30.3 Å². The van der Waals surface area contributed by atoms with Crippen molar-refractivity contribution in [2.24, 2.45) is 0 Å². The molecule has 1 aromatic carbocycles. The molecule has 1 fully saturated rings. The second-order valence-corrected chi connectivity index (χ2v) is 4.52. The summed E-state index contributed by atoms with van der Waals surface area (Å²) in [4.78, 5) is 24.9. The maximum atomic E-state index is 11.8. The third-order valence-corrected chi connectivity index (χ3v) is 3.19. The van der Waals surface area contributed by atoms with Crippen LogP contribution in [-0.4, -0.2) is 29.1 Å². The number of nitrogens with zero attached hydrogens (tertiary/aromatic N) is 1. The molecule has 0 bridgehead atoms. The number of hydrogen-bond donors (Lipinski definition) is 0. The molecule has 90 valence electrons. The molecule has 0 aliphatic carbocycles. The zero-order valence-corrected chi connectivity index (χ0v) is 10.2. The number of rotatable bonds is 3. The second-order valence-electron chi connectivity index (χ2n) is 4.14. The molecule has 1 aromatic rings. The van der Waals surface area contributed by atoms with E-state index >= 15 is 0 Å². The van der Waals surface area contributed by atoms with E-state index in [2.05, 4.69) is 0 Å². The third kappa shape index (κ3) is 2.67. The molecule has 0 unspecified atom stereocenters. The first-order valence-electron chi connectivity index (χ1n) is 5.66. The van der Waals surface area contributed by atoms with Crippen molar-refractivity contribution in [3.05, 3.63) is 35.9 Å². The quantitative estimate of drug-likeness (QED) is 0.610. The minimum absolute atomic E-state index is 0.0165. The molecule has 0 atom stereocenters. The highest BCUT2D eigenvalue weighted by molar-refractivity contribution is 6.18. The van der Waals surface area contributed by atoms with Crippen molar-refractivity contribution in [1.29, 1.82) is 0 Å². The lowest BCUT2D eigenvalue weighted by Crippen LogP contribution is -2.43. The van der Waals surface area contributed by atoms with E-state index in [9.17, 15) is 9.59 Å². The molecule has 2 rings (SSSR count). The number of alkyl halides is 1. The van der Waals surface area contributed by atoms with E-state index in [1.165, 1.54) is 4.90 Å². The Morgan fingerprint density at radius 3 is 2.24 bits per heavy atom. The van der Waals surface area contributed by atoms with Gasteiger partial charge in [-0.05, 0) is 5.56 Å². The fourth-order valence-electron chi connectivity index (χ4n) is 2.15. The highest BCUT2D eigenvalue weighted by Gasteiger charge is 2.32. The van der Waals surface area contributed by atoms with E-state index < -0.39 is 0 Å². The van der Waals surface area contributed by atoms with Crippen LogP contribution in [0.4, 0.5) is 0 Å². The Hall–Kier alpha value is -1.35. The Balaban J connectivity index is 2.12. The molecule has 17 heavy (non-hydrogen) atoms. The zero-order valence-electron chi connectivity index (χ0n) is 9.43. The number of imide groups is 1. The number of amides is 2. The number of piperidine rings is 1. The fourth-order valence-corrected chi connectivity index (χ4v) is 2.32. The van der Waals surface area contributed by atoms with Crippen LogP contribution in [-0.2, 0) is 9.59 Å². The van der Waals surface area contributed by atoms with Crippen LogP contribution in [0.1, 0.15) is 24.3 Å². The van der Waals surface area contributed by atoms with Crippen LogP contribution in [0.2, 0.25) is 0 Å². The summed E-state index contributed by atoms with van der Waals surface area (Å²) in [5.74, 6) is 0.0855. The summed E-state index contributed by atoms with van der Waals surface area (Å²) in [5, 5.41) is 0. The van der Waals surface area contributed by atoms with Crippen LogP contribution in [0.25, 0.3) is 0 Å². The van der Waals surface area contributed by atoms with E-state index in [1.807, 2.05) is 30.3 Å². The lowest BCUT2D eigenvalue weighted by molar-refractivity contribution is -0.148. The molecule has 0 N–H and O–H groups in total. The lowest BCUT2D eigenvalue weighted by atomic mass is 9.88. The number of hydrogen-bond acceptors (Lipinski definition) is 2. The monoisotopic (exact) mass is 251 g/mol. The summed E-state index contributed by atoms with van der Waals surface area (Å²) < 4.78 is 0. The van der Waals surface area contributed by atoms with Crippen molar-refractivity contribution in [2.45, 2.75) is 18.8 Å². The molecule has 0 aromatic heterocycles. The van der Waals surface area contributed by atoms with E-state index in [0.717, 1.165) is 5.56 Å². The molecule has 0 saturated carbocycles. The van der Waals surface area contributed by atoms with Gasteiger partial charge in [0.05, 0.1) is 0 Å². The summed E-state index contributed by atoms with van der Waals surface area (Å²) in [5.41, 5.74) is 1.06. The van der Waals surface area contributed by atoms with Crippen LogP contribution < -0.4 is 0 Å². The Morgan fingerprint density at radius 2 is 1.71 bits per heavy atom. The lowest BCUT2D eigenvalue weighted by Gasteiger charge is -2.29. The van der Waals surface area contributed by atoms with Crippen molar-refractivity contribution in [1.82, 2.24) is 4.90 Å². The summed E-state index contributed by atoms with van der Waals surface area (Å²) >= 11 is 5.57. The molecule has 1 aliphatic heterocycles. The molecule has 0 radical (unpaired) electrons. The van der Waals surface area contributed by atoms with E-state index in [4.69, 9.17) is 11.6 Å². The zero-order chi connectivity index (χ0) is 12.3. The van der Waals surface area contributed by atoms with Crippen molar-refractivity contribution >= 4 is 23.4 Å². The minimum atomic E-state index is -0.115. The average Bonchev–Trinajstić information content (AvgIpc) is 2.35. The van der Waals surface area contributed by atoms with Gasteiger partial charge in [-0.1, -0.05) is 30.3 Å². The number of benzene rings is 1. The molecule has 1 heterocycles. The molecule has 0 spiro atoms. The van der Waals surface area contributed by atoms with Gasteiger partial charge in [0.25, 0.3) is 0 Å². The first-order chi connectivity index (χ1) is 8.22. The van der Waals surface area contributed by atoms with Gasteiger partial charge in [-0.2, -0.15) is 0 Å². The number of likely N-dealkylation sites (tertiary alicyclic amines) is 1. The largest absolute Gasteiger partial charge is 0.281 e. The normalized spacial score (nSPS) is 17.6. The molecule has 3 nitrogen and oxygen atoms in total. The third-order valence-electron chi connectivity index (χ3n) is 3.02. The summed E-state index contributed by atoms with van der Waals surface area (Å²) in [6.07, 6.45) is 0.791. The predicted octanol–water partition coefficient (Wildman–Crippen LogP) is 2.16. The predicted molar refractivity (Wildman–Crippen MR) is 65.9 cm³/mol. The Kier molecular flexibility index (Phi) is 3.79. The first kappa shape index (κ1) is 12.1. The highest BCUT2D eigenvalue weighted by atomic mass is 35.5. The topological polar surface area (TPSA) is 37.4 Å². The number of carbonyl (C=O) groups is 2. The van der Waals surface area contributed by atoms with Gasteiger partial charge in [-0.3, -0.25) is 14.5 Å². The maximum Gasteiger partial charge on any atom is 0.229 e. The van der Waals surface area contributed by atoms with E-state index in [0.29, 0.717) is 25.3 Å². The minimum Gasteiger partial charge on any atom is -0.281 e. The van der Waals surface area contributed by atoms with Crippen LogP contribution >= 0.6 is 11.6 Å². The van der Waals surface area contributed by atoms with Crippen molar-refractivity contribution < 1.29 is 9.59 Å². The molecule has 4 heteroatoms. The highest BCUT2D eigenvalue weighted by Crippen LogP contribution is 2.29. The van der Waals surface area contributed by atoms with Crippen LogP contribution in [0.3, 0.4) is 0 Å². The molecular formula is C13H14ClNO2. The standard InChI is InChI=1S/C13H14ClNO2/c14-6-7-15-12(16)8-11(9-13(15)17)10-4-2-1-3-5-10/h1-5,11H,6-9H2. The van der Waals surface area contributed by atoms with Crippen molar-refractivity contribution in [2.75, 3.05) is 12.4 Å². The second kappa shape index (κ2) is 5.32. The van der Waals surface area contributed by atoms with Crippen molar-refractivity contribution in [3.8, 4) is 0 Å². The summed E-state index contributed by atoms with van der Waals surface area (Å²) in [6, 6.07) is 9.70. The van der Waals surface area contributed by atoms with Gasteiger partial charge in [-0.15, -0.1) is 11.6 Å². The number of halogens is 1. The van der Waals surface area contributed by atoms with E-state index in [-0.39, 0.29) is 17.7 Å². The van der Waals surface area contributed by atoms with Crippen LogP contribution in [0, 0.1) is 0 Å².